The summed E-state index contributed by atoms with van der Waals surface area (Å²) < 4.78 is 5.13. The van der Waals surface area contributed by atoms with Gasteiger partial charge in [-0.3, -0.25) is 4.79 Å². The first kappa shape index (κ1) is 15.9. The van der Waals surface area contributed by atoms with Crippen LogP contribution in [0.3, 0.4) is 0 Å². The predicted molar refractivity (Wildman–Crippen MR) is 101 cm³/mol. The summed E-state index contributed by atoms with van der Waals surface area (Å²) in [5, 5.41) is 10.2. The molecule has 0 saturated carbocycles. The second-order valence-electron chi connectivity index (χ2n) is 5.87. The van der Waals surface area contributed by atoms with E-state index >= 15 is 0 Å². The van der Waals surface area contributed by atoms with Crippen LogP contribution in [0.15, 0.2) is 71.5 Å². The zero-order valence-electron chi connectivity index (χ0n) is 14.1. The average molecular weight is 344 g/mol. The van der Waals surface area contributed by atoms with E-state index in [0.717, 1.165) is 16.7 Å². The van der Waals surface area contributed by atoms with Crippen molar-refractivity contribution in [3.8, 4) is 34.0 Å². The van der Waals surface area contributed by atoms with Gasteiger partial charge in [-0.15, -0.1) is 0 Å². The Morgan fingerprint density at radius 3 is 2.38 bits per heavy atom. The first-order valence-electron chi connectivity index (χ1n) is 8.13. The van der Waals surface area contributed by atoms with Crippen molar-refractivity contribution in [1.29, 1.82) is 0 Å². The van der Waals surface area contributed by atoms with Gasteiger partial charge >= 0.3 is 0 Å². The number of ether oxygens (including phenoxy) is 1. The highest BCUT2D eigenvalue weighted by molar-refractivity contribution is 5.86. The molecule has 26 heavy (non-hydrogen) atoms. The minimum Gasteiger partial charge on any atom is -0.504 e. The molecule has 0 aliphatic rings. The summed E-state index contributed by atoms with van der Waals surface area (Å²) in [5.41, 5.74) is 2.98. The molecule has 0 spiro atoms. The van der Waals surface area contributed by atoms with Gasteiger partial charge in [0.1, 0.15) is 5.82 Å². The molecule has 0 unspecified atom stereocenters. The quantitative estimate of drug-likeness (QED) is 0.590. The molecule has 128 valence electrons. The minimum absolute atomic E-state index is 0.0928. The lowest BCUT2D eigenvalue weighted by molar-refractivity contribution is 0.374. The van der Waals surface area contributed by atoms with E-state index in [-0.39, 0.29) is 17.1 Å². The van der Waals surface area contributed by atoms with E-state index in [1.807, 2.05) is 54.6 Å². The number of hydrogen-bond donors (Lipinski definition) is 2. The fourth-order valence-corrected chi connectivity index (χ4v) is 3.01. The maximum atomic E-state index is 12.5. The van der Waals surface area contributed by atoms with Crippen LogP contribution in [0.4, 0.5) is 0 Å². The monoisotopic (exact) mass is 344 g/mol. The molecule has 0 amide bonds. The molecule has 0 bridgehead atoms. The van der Waals surface area contributed by atoms with Crippen LogP contribution >= 0.6 is 0 Å². The minimum atomic E-state index is -0.314. The second-order valence-corrected chi connectivity index (χ2v) is 5.87. The lowest BCUT2D eigenvalue weighted by Crippen LogP contribution is -2.10. The molecule has 4 aromatic rings. The summed E-state index contributed by atoms with van der Waals surface area (Å²) in [6.45, 7) is 0. The van der Waals surface area contributed by atoms with Crippen molar-refractivity contribution in [2.45, 2.75) is 0 Å². The standard InChI is InChI=1S/C21H16N2O3/c1-26-19-12-17-16(11-18(19)24)21(25)23-20(22-17)15-10-6-5-9-14(15)13-7-3-2-4-8-13/h2-12,24H,1H3,(H,22,23,25). The van der Waals surface area contributed by atoms with E-state index in [9.17, 15) is 9.90 Å². The van der Waals surface area contributed by atoms with Crippen molar-refractivity contribution in [2.75, 3.05) is 7.11 Å². The Morgan fingerprint density at radius 1 is 0.962 bits per heavy atom. The number of benzene rings is 3. The van der Waals surface area contributed by atoms with Gasteiger partial charge in [0.15, 0.2) is 11.5 Å². The Labute approximate surface area is 149 Å². The van der Waals surface area contributed by atoms with Gasteiger partial charge < -0.3 is 14.8 Å². The number of hydrogen-bond acceptors (Lipinski definition) is 4. The third kappa shape index (κ3) is 2.69. The second kappa shape index (κ2) is 6.37. The van der Waals surface area contributed by atoms with Gasteiger partial charge in [-0.05, 0) is 17.2 Å². The Balaban J connectivity index is 1.96. The van der Waals surface area contributed by atoms with Crippen LogP contribution < -0.4 is 10.3 Å². The van der Waals surface area contributed by atoms with Crippen LogP contribution in [0.1, 0.15) is 0 Å². The van der Waals surface area contributed by atoms with Crippen molar-refractivity contribution in [3.63, 3.8) is 0 Å². The molecule has 0 radical (unpaired) electrons. The Morgan fingerprint density at radius 2 is 1.65 bits per heavy atom. The van der Waals surface area contributed by atoms with Crippen LogP contribution in [-0.2, 0) is 0 Å². The Bertz CT molecular complexity index is 1150. The van der Waals surface area contributed by atoms with Gasteiger partial charge in [0, 0.05) is 11.6 Å². The van der Waals surface area contributed by atoms with Crippen molar-refractivity contribution in [3.05, 3.63) is 77.1 Å². The van der Waals surface area contributed by atoms with Crippen LogP contribution in [0.25, 0.3) is 33.4 Å². The normalized spacial score (nSPS) is 10.8. The number of fused-ring (bicyclic) bond motifs is 1. The highest BCUT2D eigenvalue weighted by atomic mass is 16.5. The molecule has 0 fully saturated rings. The number of phenols is 1. The fourth-order valence-electron chi connectivity index (χ4n) is 3.01. The smallest absolute Gasteiger partial charge is 0.259 e. The van der Waals surface area contributed by atoms with E-state index in [2.05, 4.69) is 9.97 Å². The molecule has 1 aromatic heterocycles. The van der Waals surface area contributed by atoms with E-state index in [1.165, 1.54) is 13.2 Å². The molecule has 5 heteroatoms. The number of aromatic nitrogens is 2. The number of nitrogens with one attached hydrogen (secondary N) is 1. The number of phenolic OH excluding ortho intramolecular Hbond substituents is 1. The molecule has 0 aliphatic carbocycles. The van der Waals surface area contributed by atoms with Crippen molar-refractivity contribution < 1.29 is 9.84 Å². The lowest BCUT2D eigenvalue weighted by Gasteiger charge is -2.11. The Kier molecular flexibility index (Phi) is 3.89. The lowest BCUT2D eigenvalue weighted by atomic mass is 9.99. The highest BCUT2D eigenvalue weighted by Gasteiger charge is 2.13. The summed E-state index contributed by atoms with van der Waals surface area (Å²) >= 11 is 0. The van der Waals surface area contributed by atoms with E-state index < -0.39 is 0 Å². The number of aromatic hydroxyl groups is 1. The van der Waals surface area contributed by atoms with Crippen LogP contribution in [0, 0.1) is 0 Å². The molecule has 3 aromatic carbocycles. The fraction of sp³-hybridized carbons (Fsp3) is 0.0476. The third-order valence-electron chi connectivity index (χ3n) is 4.27. The molecule has 2 N–H and O–H groups in total. The number of rotatable bonds is 3. The predicted octanol–water partition coefficient (Wildman–Crippen LogP) is 3.97. The number of H-pyrrole nitrogens is 1. The van der Waals surface area contributed by atoms with Crippen molar-refractivity contribution in [2.24, 2.45) is 0 Å². The molecule has 4 rings (SSSR count). The maximum Gasteiger partial charge on any atom is 0.259 e. The van der Waals surface area contributed by atoms with E-state index in [4.69, 9.17) is 4.74 Å². The highest BCUT2D eigenvalue weighted by Crippen LogP contribution is 2.32. The van der Waals surface area contributed by atoms with Gasteiger partial charge in [-0.2, -0.15) is 0 Å². The molecular formula is C21H16N2O3. The molecule has 1 heterocycles. The topological polar surface area (TPSA) is 75.2 Å². The summed E-state index contributed by atoms with van der Waals surface area (Å²) in [6.07, 6.45) is 0. The molecule has 0 atom stereocenters. The molecule has 0 aliphatic heterocycles. The van der Waals surface area contributed by atoms with Crippen LogP contribution in [0.5, 0.6) is 11.5 Å². The first-order valence-corrected chi connectivity index (χ1v) is 8.13. The van der Waals surface area contributed by atoms with Gasteiger partial charge in [0.25, 0.3) is 5.56 Å². The molecular weight excluding hydrogens is 328 g/mol. The zero-order valence-corrected chi connectivity index (χ0v) is 14.1. The van der Waals surface area contributed by atoms with Gasteiger partial charge in [-0.1, -0.05) is 54.6 Å². The van der Waals surface area contributed by atoms with Crippen LogP contribution in [-0.4, -0.2) is 22.2 Å². The summed E-state index contributed by atoms with van der Waals surface area (Å²) in [4.78, 5) is 19.9. The number of nitrogens with zero attached hydrogens (tertiary/aromatic N) is 1. The van der Waals surface area contributed by atoms with E-state index in [0.29, 0.717) is 16.7 Å². The van der Waals surface area contributed by atoms with Gasteiger partial charge in [0.2, 0.25) is 0 Å². The molecule has 0 saturated heterocycles. The Hall–Kier alpha value is -3.60. The number of aromatic amines is 1. The number of methoxy groups -OCH3 is 1. The molecule has 5 nitrogen and oxygen atoms in total. The van der Waals surface area contributed by atoms with Gasteiger partial charge in [0.05, 0.1) is 18.0 Å². The third-order valence-corrected chi connectivity index (χ3v) is 4.27. The maximum absolute atomic E-state index is 12.5. The summed E-state index contributed by atoms with van der Waals surface area (Å²) in [7, 11) is 1.46. The summed E-state index contributed by atoms with van der Waals surface area (Å²) in [5.74, 6) is 0.650. The average Bonchev–Trinajstić information content (AvgIpc) is 2.68. The SMILES string of the molecule is COc1cc2nc(-c3ccccc3-c3ccccc3)[nH]c(=O)c2cc1O. The van der Waals surface area contributed by atoms with Crippen molar-refractivity contribution in [1.82, 2.24) is 9.97 Å². The summed E-state index contributed by atoms with van der Waals surface area (Å²) in [6, 6.07) is 20.6. The zero-order chi connectivity index (χ0) is 18.1. The van der Waals surface area contributed by atoms with E-state index in [1.54, 1.807) is 6.07 Å². The van der Waals surface area contributed by atoms with Crippen molar-refractivity contribution >= 4 is 10.9 Å². The largest absolute Gasteiger partial charge is 0.504 e. The van der Waals surface area contributed by atoms with Crippen LogP contribution in [0.2, 0.25) is 0 Å². The van der Waals surface area contributed by atoms with Gasteiger partial charge in [-0.25, -0.2) is 4.98 Å². The first-order chi connectivity index (χ1) is 12.7.